The van der Waals surface area contributed by atoms with Gasteiger partial charge in [0.25, 0.3) is 0 Å². The molecule has 3 rings (SSSR count). The van der Waals surface area contributed by atoms with E-state index in [2.05, 4.69) is 32.2 Å². The van der Waals surface area contributed by atoms with Crippen molar-refractivity contribution in [1.29, 1.82) is 0 Å². The highest BCUT2D eigenvalue weighted by atomic mass is 79.9. The molecule has 2 aromatic carbocycles. The third-order valence-electron chi connectivity index (χ3n) is 4.52. The van der Waals surface area contributed by atoms with Crippen molar-refractivity contribution in [3.63, 3.8) is 0 Å². The zero-order valence-corrected chi connectivity index (χ0v) is 16.7. The van der Waals surface area contributed by atoms with Crippen molar-refractivity contribution >= 4 is 27.5 Å². The van der Waals surface area contributed by atoms with Gasteiger partial charge in [-0.1, -0.05) is 29.8 Å². The number of nitrogens with one attached hydrogen (secondary N) is 1. The number of piperazine rings is 1. The van der Waals surface area contributed by atoms with E-state index in [-0.39, 0.29) is 6.04 Å². The summed E-state index contributed by atoms with van der Waals surface area (Å²) >= 11 is 10.1. The summed E-state index contributed by atoms with van der Waals surface area (Å²) in [5.74, 6) is 1.60. The van der Waals surface area contributed by atoms with Gasteiger partial charge < -0.3 is 14.8 Å². The molecule has 1 aliphatic heterocycles. The van der Waals surface area contributed by atoms with Gasteiger partial charge in [-0.3, -0.25) is 4.90 Å². The Morgan fingerprint density at radius 2 is 1.72 bits per heavy atom. The first-order valence-corrected chi connectivity index (χ1v) is 9.43. The molecular formula is C19H22BrClN2O2. The summed E-state index contributed by atoms with van der Waals surface area (Å²) in [7, 11) is 3.37. The highest BCUT2D eigenvalue weighted by Crippen LogP contribution is 2.42. The second kappa shape index (κ2) is 8.41. The molecule has 25 heavy (non-hydrogen) atoms. The van der Waals surface area contributed by atoms with Crippen molar-refractivity contribution in [2.24, 2.45) is 0 Å². The Kier molecular flexibility index (Phi) is 6.23. The Hall–Kier alpha value is -1.27. The molecule has 0 aromatic heterocycles. The minimum Gasteiger partial charge on any atom is -0.496 e. The normalized spacial score (nSPS) is 16.5. The molecule has 0 amide bonds. The number of hydrogen-bond acceptors (Lipinski definition) is 4. The van der Waals surface area contributed by atoms with Gasteiger partial charge in [-0.2, -0.15) is 0 Å². The van der Waals surface area contributed by atoms with E-state index in [1.807, 2.05) is 30.3 Å². The number of rotatable bonds is 5. The topological polar surface area (TPSA) is 33.7 Å². The van der Waals surface area contributed by atoms with Crippen molar-refractivity contribution in [2.75, 3.05) is 40.4 Å². The zero-order chi connectivity index (χ0) is 17.8. The number of nitrogens with zero attached hydrogens (tertiary/aromatic N) is 1. The first-order chi connectivity index (χ1) is 12.2. The lowest BCUT2D eigenvalue weighted by atomic mass is 9.95. The molecule has 1 atom stereocenters. The average Bonchev–Trinajstić information content (AvgIpc) is 2.65. The standard InChI is InChI=1S/C19H22BrClN2O2/c1-24-17-12-15(20)18(25-2)11-14(17)19(23-9-7-22-8-10-23)13-5-3-4-6-16(13)21/h3-6,11-12,19,22H,7-10H2,1-2H3. The second-order valence-electron chi connectivity index (χ2n) is 5.94. The van der Waals surface area contributed by atoms with Crippen molar-refractivity contribution in [1.82, 2.24) is 10.2 Å². The van der Waals surface area contributed by atoms with Crippen LogP contribution in [0.15, 0.2) is 40.9 Å². The number of ether oxygens (including phenoxy) is 2. The minimum absolute atomic E-state index is 0.00718. The van der Waals surface area contributed by atoms with Crippen LogP contribution in [0.1, 0.15) is 17.2 Å². The van der Waals surface area contributed by atoms with Gasteiger partial charge in [-0.15, -0.1) is 0 Å². The van der Waals surface area contributed by atoms with Gasteiger partial charge in [0, 0.05) is 36.8 Å². The maximum atomic E-state index is 6.56. The molecule has 0 saturated carbocycles. The Morgan fingerprint density at radius 1 is 1.04 bits per heavy atom. The Bertz CT molecular complexity index is 735. The maximum Gasteiger partial charge on any atom is 0.133 e. The molecule has 0 aliphatic carbocycles. The van der Waals surface area contributed by atoms with Crippen LogP contribution in [0.5, 0.6) is 11.5 Å². The molecule has 1 fully saturated rings. The van der Waals surface area contributed by atoms with Gasteiger partial charge in [0.2, 0.25) is 0 Å². The van der Waals surface area contributed by atoms with Crippen LogP contribution in [0, 0.1) is 0 Å². The summed E-state index contributed by atoms with van der Waals surface area (Å²) in [5.41, 5.74) is 2.13. The molecule has 1 N–H and O–H groups in total. The van der Waals surface area contributed by atoms with Gasteiger partial charge in [-0.25, -0.2) is 0 Å². The summed E-state index contributed by atoms with van der Waals surface area (Å²) in [6.07, 6.45) is 0. The van der Waals surface area contributed by atoms with E-state index >= 15 is 0 Å². The lowest BCUT2D eigenvalue weighted by Crippen LogP contribution is -2.45. The monoisotopic (exact) mass is 424 g/mol. The maximum absolute atomic E-state index is 6.56. The van der Waals surface area contributed by atoms with E-state index in [4.69, 9.17) is 21.1 Å². The highest BCUT2D eigenvalue weighted by Gasteiger charge is 2.29. The molecule has 1 saturated heterocycles. The Morgan fingerprint density at radius 3 is 2.36 bits per heavy atom. The summed E-state index contributed by atoms with van der Waals surface area (Å²) in [4.78, 5) is 2.43. The van der Waals surface area contributed by atoms with Crippen molar-refractivity contribution in [3.05, 3.63) is 57.0 Å². The SMILES string of the molecule is COc1cc(C(c2ccccc2Cl)N2CCNCC2)c(OC)cc1Br. The molecule has 2 aromatic rings. The number of methoxy groups -OCH3 is 2. The molecule has 0 radical (unpaired) electrons. The predicted octanol–water partition coefficient (Wildman–Crippen LogP) is 4.11. The minimum atomic E-state index is 0.00718. The largest absolute Gasteiger partial charge is 0.496 e. The molecule has 0 spiro atoms. The number of benzene rings is 2. The van der Waals surface area contributed by atoms with E-state index < -0.39 is 0 Å². The summed E-state index contributed by atoms with van der Waals surface area (Å²) in [5, 5.41) is 4.17. The fourth-order valence-electron chi connectivity index (χ4n) is 3.30. The highest BCUT2D eigenvalue weighted by molar-refractivity contribution is 9.10. The van der Waals surface area contributed by atoms with Crippen LogP contribution in [-0.4, -0.2) is 45.3 Å². The fourth-order valence-corrected chi connectivity index (χ4v) is 4.02. The predicted molar refractivity (Wildman–Crippen MR) is 105 cm³/mol. The average molecular weight is 426 g/mol. The Labute approximate surface area is 162 Å². The fraction of sp³-hybridized carbons (Fsp3) is 0.368. The third-order valence-corrected chi connectivity index (χ3v) is 5.48. The Balaban J connectivity index is 2.16. The molecule has 1 heterocycles. The number of hydrogen-bond donors (Lipinski definition) is 1. The van der Waals surface area contributed by atoms with Crippen molar-refractivity contribution < 1.29 is 9.47 Å². The van der Waals surface area contributed by atoms with E-state index in [1.165, 1.54) is 0 Å². The van der Waals surface area contributed by atoms with Gasteiger partial charge in [0.1, 0.15) is 11.5 Å². The van der Waals surface area contributed by atoms with Crippen LogP contribution in [0.2, 0.25) is 5.02 Å². The van der Waals surface area contributed by atoms with Crippen LogP contribution >= 0.6 is 27.5 Å². The molecule has 4 nitrogen and oxygen atoms in total. The summed E-state index contributed by atoms with van der Waals surface area (Å²) in [6.45, 7) is 3.79. The lowest BCUT2D eigenvalue weighted by Gasteiger charge is -2.36. The van der Waals surface area contributed by atoms with Crippen LogP contribution in [-0.2, 0) is 0 Å². The first kappa shape index (κ1) is 18.5. The summed E-state index contributed by atoms with van der Waals surface area (Å²) in [6, 6.07) is 12.0. The zero-order valence-electron chi connectivity index (χ0n) is 14.4. The van der Waals surface area contributed by atoms with Crippen LogP contribution in [0.3, 0.4) is 0 Å². The van der Waals surface area contributed by atoms with Gasteiger partial charge >= 0.3 is 0 Å². The number of halogens is 2. The quantitative estimate of drug-likeness (QED) is 0.781. The van der Waals surface area contributed by atoms with Gasteiger partial charge in [0.05, 0.1) is 24.7 Å². The van der Waals surface area contributed by atoms with E-state index in [0.717, 1.165) is 58.3 Å². The van der Waals surface area contributed by atoms with Gasteiger partial charge in [0.15, 0.2) is 0 Å². The van der Waals surface area contributed by atoms with Crippen molar-refractivity contribution in [3.8, 4) is 11.5 Å². The van der Waals surface area contributed by atoms with Gasteiger partial charge in [-0.05, 0) is 39.7 Å². The van der Waals surface area contributed by atoms with Crippen LogP contribution in [0.4, 0.5) is 0 Å². The molecular weight excluding hydrogens is 404 g/mol. The van der Waals surface area contributed by atoms with E-state index in [0.29, 0.717) is 0 Å². The smallest absolute Gasteiger partial charge is 0.133 e. The molecule has 6 heteroatoms. The van der Waals surface area contributed by atoms with Crippen molar-refractivity contribution in [2.45, 2.75) is 6.04 Å². The third kappa shape index (κ3) is 3.95. The first-order valence-electron chi connectivity index (χ1n) is 8.26. The van der Waals surface area contributed by atoms with E-state index in [9.17, 15) is 0 Å². The molecule has 1 unspecified atom stereocenters. The van der Waals surface area contributed by atoms with E-state index in [1.54, 1.807) is 14.2 Å². The van der Waals surface area contributed by atoms with Crippen LogP contribution in [0.25, 0.3) is 0 Å². The summed E-state index contributed by atoms with van der Waals surface area (Å²) < 4.78 is 12.1. The molecule has 0 bridgehead atoms. The lowest BCUT2D eigenvalue weighted by molar-refractivity contribution is 0.195. The van der Waals surface area contributed by atoms with Crippen LogP contribution < -0.4 is 14.8 Å². The molecule has 134 valence electrons. The molecule has 1 aliphatic rings. The second-order valence-corrected chi connectivity index (χ2v) is 7.20.